The molecule has 0 aliphatic heterocycles. The molecule has 0 saturated carbocycles. The number of aromatic nitrogens is 4. The lowest BCUT2D eigenvalue weighted by molar-refractivity contribution is 0.0985. The maximum Gasteiger partial charge on any atom is 0.279 e. The van der Waals surface area contributed by atoms with Crippen LogP contribution in [-0.4, -0.2) is 32.4 Å². The molecule has 1 aromatic carbocycles. The molecule has 0 aliphatic rings. The smallest absolute Gasteiger partial charge is 0.279 e. The Labute approximate surface area is 190 Å². The van der Waals surface area contributed by atoms with Gasteiger partial charge >= 0.3 is 0 Å². The van der Waals surface area contributed by atoms with Gasteiger partial charge in [0, 0.05) is 35.3 Å². The van der Waals surface area contributed by atoms with Crippen LogP contribution in [0, 0.1) is 0 Å². The fraction of sp³-hybridized carbons (Fsp3) is 0.0500. The standard InChI is InChI=1S/C20H13Cl2N5OS2/c1-2-8-27(19(28)16-11-29-18(25-16)17-23-6-3-7-24-17)20-26-15(10-30-20)12-4-5-13(21)14(22)9-12/h2-7,9-11H,1,8H2. The molecule has 0 atom stereocenters. The first-order chi connectivity index (χ1) is 14.6. The number of carbonyl (C=O) groups is 1. The maximum atomic E-state index is 13.1. The van der Waals surface area contributed by atoms with E-state index in [-0.39, 0.29) is 5.91 Å². The van der Waals surface area contributed by atoms with Crippen molar-refractivity contribution in [2.45, 2.75) is 0 Å². The number of thiazole rings is 2. The molecule has 0 unspecified atom stereocenters. The molecule has 0 saturated heterocycles. The normalized spacial score (nSPS) is 10.7. The van der Waals surface area contributed by atoms with Crippen molar-refractivity contribution in [1.29, 1.82) is 0 Å². The van der Waals surface area contributed by atoms with Gasteiger partial charge in [0.05, 0.1) is 15.7 Å². The van der Waals surface area contributed by atoms with Crippen LogP contribution in [0.4, 0.5) is 5.13 Å². The van der Waals surface area contributed by atoms with Crippen LogP contribution in [0.3, 0.4) is 0 Å². The van der Waals surface area contributed by atoms with Crippen LogP contribution in [0.5, 0.6) is 0 Å². The molecule has 6 nitrogen and oxygen atoms in total. The number of anilines is 1. The largest absolute Gasteiger partial charge is 0.279 e. The summed E-state index contributed by atoms with van der Waals surface area (Å²) in [6.45, 7) is 4.05. The van der Waals surface area contributed by atoms with Gasteiger partial charge in [-0.1, -0.05) is 35.3 Å². The van der Waals surface area contributed by atoms with Gasteiger partial charge in [0.15, 0.2) is 16.0 Å². The summed E-state index contributed by atoms with van der Waals surface area (Å²) >= 11 is 14.8. The Morgan fingerprint density at radius 1 is 1.10 bits per heavy atom. The molecule has 0 radical (unpaired) electrons. The summed E-state index contributed by atoms with van der Waals surface area (Å²) in [5, 5.41) is 5.58. The lowest BCUT2D eigenvalue weighted by atomic mass is 10.2. The minimum Gasteiger partial charge on any atom is -0.279 e. The van der Waals surface area contributed by atoms with E-state index in [4.69, 9.17) is 23.2 Å². The minimum atomic E-state index is -0.275. The van der Waals surface area contributed by atoms with Crippen LogP contribution in [0.15, 0.2) is 60.1 Å². The molecule has 0 bridgehead atoms. The van der Waals surface area contributed by atoms with Gasteiger partial charge in [-0.05, 0) is 18.2 Å². The number of hydrogen-bond acceptors (Lipinski definition) is 7. The summed E-state index contributed by atoms with van der Waals surface area (Å²) in [5.74, 6) is 0.205. The van der Waals surface area contributed by atoms with Crippen LogP contribution >= 0.6 is 45.9 Å². The molecular weight excluding hydrogens is 461 g/mol. The monoisotopic (exact) mass is 473 g/mol. The zero-order chi connectivity index (χ0) is 21.1. The topological polar surface area (TPSA) is 71.9 Å². The summed E-state index contributed by atoms with van der Waals surface area (Å²) in [7, 11) is 0. The number of carbonyl (C=O) groups excluding carboxylic acids is 1. The van der Waals surface area contributed by atoms with Crippen LogP contribution in [0.1, 0.15) is 10.5 Å². The highest BCUT2D eigenvalue weighted by Crippen LogP contribution is 2.32. The van der Waals surface area contributed by atoms with E-state index in [1.807, 2.05) is 11.4 Å². The lowest BCUT2D eigenvalue weighted by Gasteiger charge is -2.16. The Kier molecular flexibility index (Phi) is 6.19. The minimum absolute atomic E-state index is 0.275. The molecule has 1 amide bonds. The van der Waals surface area contributed by atoms with Crippen molar-refractivity contribution in [2.24, 2.45) is 0 Å². The highest BCUT2D eigenvalue weighted by atomic mass is 35.5. The predicted molar refractivity (Wildman–Crippen MR) is 123 cm³/mol. The van der Waals surface area contributed by atoms with Crippen molar-refractivity contribution < 1.29 is 4.79 Å². The highest BCUT2D eigenvalue weighted by Gasteiger charge is 2.23. The van der Waals surface area contributed by atoms with E-state index in [9.17, 15) is 4.79 Å². The average molecular weight is 474 g/mol. The Morgan fingerprint density at radius 2 is 1.90 bits per heavy atom. The fourth-order valence-electron chi connectivity index (χ4n) is 2.58. The van der Waals surface area contributed by atoms with Crippen molar-refractivity contribution in [2.75, 3.05) is 11.4 Å². The average Bonchev–Trinajstić information content (AvgIpc) is 3.44. The molecule has 0 spiro atoms. The molecule has 3 aromatic heterocycles. The van der Waals surface area contributed by atoms with Gasteiger partial charge in [0.25, 0.3) is 5.91 Å². The van der Waals surface area contributed by atoms with Crippen molar-refractivity contribution in [3.05, 3.63) is 75.8 Å². The first kappa shape index (κ1) is 20.6. The maximum absolute atomic E-state index is 13.1. The molecule has 0 fully saturated rings. The van der Waals surface area contributed by atoms with E-state index < -0.39 is 0 Å². The van der Waals surface area contributed by atoms with Crippen LogP contribution in [0.2, 0.25) is 10.0 Å². The molecule has 10 heteroatoms. The van der Waals surface area contributed by atoms with E-state index in [1.54, 1.807) is 42.0 Å². The van der Waals surface area contributed by atoms with Crippen molar-refractivity contribution in [3.8, 4) is 22.1 Å². The quantitative estimate of drug-likeness (QED) is 0.327. The second kappa shape index (κ2) is 9.01. The van der Waals surface area contributed by atoms with E-state index in [0.717, 1.165) is 5.56 Å². The summed E-state index contributed by atoms with van der Waals surface area (Å²) in [6, 6.07) is 7.02. The first-order valence-corrected chi connectivity index (χ1v) is 11.1. The Balaban J connectivity index is 1.62. The van der Waals surface area contributed by atoms with Gasteiger partial charge in [0.2, 0.25) is 0 Å². The molecule has 3 heterocycles. The number of benzene rings is 1. The second-order valence-corrected chi connectivity index (χ2v) is 8.47. The Bertz CT molecular complexity index is 1210. The number of amides is 1. The molecule has 30 heavy (non-hydrogen) atoms. The molecule has 0 aliphatic carbocycles. The van der Waals surface area contributed by atoms with Gasteiger partial charge < -0.3 is 0 Å². The second-order valence-electron chi connectivity index (χ2n) is 5.96. The van der Waals surface area contributed by atoms with Gasteiger partial charge in [0.1, 0.15) is 5.69 Å². The molecule has 150 valence electrons. The number of rotatable bonds is 6. The third-order valence-electron chi connectivity index (χ3n) is 3.98. The van der Waals surface area contributed by atoms with Gasteiger partial charge in [-0.25, -0.2) is 19.9 Å². The van der Waals surface area contributed by atoms with E-state index in [2.05, 4.69) is 26.5 Å². The summed E-state index contributed by atoms with van der Waals surface area (Å²) in [6.07, 6.45) is 4.91. The van der Waals surface area contributed by atoms with Crippen molar-refractivity contribution in [3.63, 3.8) is 0 Å². The molecule has 0 N–H and O–H groups in total. The molecule has 4 aromatic rings. The zero-order valence-corrected chi connectivity index (χ0v) is 18.5. The van der Waals surface area contributed by atoms with Gasteiger partial charge in [-0.3, -0.25) is 9.69 Å². The Hall–Kier alpha value is -2.65. The first-order valence-electron chi connectivity index (χ1n) is 8.63. The zero-order valence-electron chi connectivity index (χ0n) is 15.3. The number of hydrogen-bond donors (Lipinski definition) is 0. The number of nitrogens with zero attached hydrogens (tertiary/aromatic N) is 5. The van der Waals surface area contributed by atoms with Crippen molar-refractivity contribution in [1.82, 2.24) is 19.9 Å². The van der Waals surface area contributed by atoms with Crippen molar-refractivity contribution >= 4 is 56.9 Å². The van der Waals surface area contributed by atoms with Crippen LogP contribution in [0.25, 0.3) is 22.1 Å². The van der Waals surface area contributed by atoms with Gasteiger partial charge in [-0.15, -0.1) is 29.3 Å². The number of halogens is 2. The summed E-state index contributed by atoms with van der Waals surface area (Å²) < 4.78 is 0. The predicted octanol–water partition coefficient (Wildman–Crippen LogP) is 5.86. The van der Waals surface area contributed by atoms with Gasteiger partial charge in [-0.2, -0.15) is 0 Å². The van der Waals surface area contributed by atoms with E-state index in [0.29, 0.717) is 43.9 Å². The third-order valence-corrected chi connectivity index (χ3v) is 6.42. The fourth-order valence-corrected chi connectivity index (χ4v) is 4.45. The highest BCUT2D eigenvalue weighted by molar-refractivity contribution is 7.14. The third kappa shape index (κ3) is 4.27. The molecule has 4 rings (SSSR count). The van der Waals surface area contributed by atoms with Crippen LogP contribution < -0.4 is 4.90 Å². The SMILES string of the molecule is C=CCN(C(=O)c1csc(-c2ncccn2)n1)c1nc(-c2ccc(Cl)c(Cl)c2)cs1. The Morgan fingerprint density at radius 3 is 2.63 bits per heavy atom. The van der Waals surface area contributed by atoms with Crippen LogP contribution in [-0.2, 0) is 0 Å². The lowest BCUT2D eigenvalue weighted by Crippen LogP contribution is -2.31. The summed E-state index contributed by atoms with van der Waals surface area (Å²) in [4.78, 5) is 32.0. The van der Waals surface area contributed by atoms with E-state index >= 15 is 0 Å². The summed E-state index contributed by atoms with van der Waals surface area (Å²) in [5.41, 5.74) is 1.82. The molecular formula is C20H13Cl2N5OS2. The van der Waals surface area contributed by atoms with E-state index in [1.165, 1.54) is 27.6 Å².